The minimum atomic E-state index is -5.12. The molecule has 16 heteroatoms. The molecule has 1 heterocycles. The highest BCUT2D eigenvalue weighted by atomic mass is 35.5. The second-order valence-electron chi connectivity index (χ2n) is 7.57. The zero-order valence-corrected chi connectivity index (χ0v) is 20.3. The quantitative estimate of drug-likeness (QED) is 0.447. The van der Waals surface area contributed by atoms with Crippen molar-refractivity contribution in [1.29, 1.82) is 0 Å². The van der Waals surface area contributed by atoms with Crippen molar-refractivity contribution >= 4 is 33.2 Å². The highest BCUT2D eigenvalue weighted by Crippen LogP contribution is 2.40. The minimum absolute atomic E-state index is 0.00205. The number of hydrogen-bond donors (Lipinski definition) is 2. The Bertz CT molecular complexity index is 1550. The zero-order valence-electron chi connectivity index (χ0n) is 18.0. The van der Waals surface area contributed by atoms with Crippen LogP contribution >= 0.6 is 23.2 Å². The molecular formula is C20H15Cl2F3N4O6S. The van der Waals surface area contributed by atoms with E-state index in [0.717, 1.165) is 12.1 Å². The summed E-state index contributed by atoms with van der Waals surface area (Å²) < 4.78 is 78.2. The Balaban J connectivity index is 1.72. The van der Waals surface area contributed by atoms with Crippen LogP contribution in [0.3, 0.4) is 0 Å². The first kappa shape index (κ1) is 26.0. The van der Waals surface area contributed by atoms with E-state index in [1.165, 1.54) is 30.3 Å². The number of sulfonamides is 1. The molecule has 36 heavy (non-hydrogen) atoms. The SMILES string of the molecule is COc1ccc(Oc2c(Cl)cc(-n3nc(C(F)(F)F)c(=O)[nH]c3=O)cc2Cl)cc1S(=O)(=O)NC1CC1. The fourth-order valence-electron chi connectivity index (χ4n) is 3.06. The Labute approximate surface area is 210 Å². The van der Waals surface area contributed by atoms with E-state index in [-0.39, 0.29) is 48.6 Å². The van der Waals surface area contributed by atoms with Gasteiger partial charge in [0.05, 0.1) is 22.8 Å². The van der Waals surface area contributed by atoms with Crippen molar-refractivity contribution in [2.75, 3.05) is 7.11 Å². The van der Waals surface area contributed by atoms with Crippen LogP contribution in [0.1, 0.15) is 18.5 Å². The number of ether oxygens (including phenoxy) is 2. The molecule has 1 saturated carbocycles. The van der Waals surface area contributed by atoms with Crippen LogP contribution in [0, 0.1) is 0 Å². The number of hydrogen-bond acceptors (Lipinski definition) is 7. The number of aromatic amines is 1. The average Bonchev–Trinajstić information content (AvgIpc) is 3.58. The number of methoxy groups -OCH3 is 1. The third-order valence-electron chi connectivity index (χ3n) is 4.87. The Morgan fingerprint density at radius 2 is 1.78 bits per heavy atom. The molecular weight excluding hydrogens is 552 g/mol. The molecule has 0 amide bonds. The van der Waals surface area contributed by atoms with Gasteiger partial charge in [0.15, 0.2) is 5.75 Å². The molecule has 0 unspecified atom stereocenters. The molecule has 0 spiro atoms. The molecule has 3 aromatic rings. The minimum Gasteiger partial charge on any atom is -0.495 e. The number of nitrogens with zero attached hydrogens (tertiary/aromatic N) is 2. The molecule has 2 N–H and O–H groups in total. The van der Waals surface area contributed by atoms with Crippen LogP contribution in [0.2, 0.25) is 10.0 Å². The lowest BCUT2D eigenvalue weighted by atomic mass is 10.3. The summed E-state index contributed by atoms with van der Waals surface area (Å²) in [5.41, 5.74) is -5.11. The lowest BCUT2D eigenvalue weighted by Crippen LogP contribution is -2.37. The van der Waals surface area contributed by atoms with E-state index in [4.69, 9.17) is 32.7 Å². The van der Waals surface area contributed by atoms with Gasteiger partial charge in [-0.15, -0.1) is 0 Å². The molecule has 0 saturated heterocycles. The highest BCUT2D eigenvalue weighted by molar-refractivity contribution is 7.89. The van der Waals surface area contributed by atoms with E-state index in [1.54, 1.807) is 0 Å². The van der Waals surface area contributed by atoms with Gasteiger partial charge >= 0.3 is 11.9 Å². The van der Waals surface area contributed by atoms with Crippen molar-refractivity contribution in [2.24, 2.45) is 0 Å². The summed E-state index contributed by atoms with van der Waals surface area (Å²) in [4.78, 5) is 24.9. The third-order valence-corrected chi connectivity index (χ3v) is 6.97. The second-order valence-corrected chi connectivity index (χ2v) is 10.1. The number of nitrogens with one attached hydrogen (secondary N) is 2. The molecule has 4 rings (SSSR count). The maximum Gasteiger partial charge on any atom is 0.440 e. The molecule has 2 aromatic carbocycles. The fraction of sp³-hybridized carbons (Fsp3) is 0.250. The van der Waals surface area contributed by atoms with Crippen molar-refractivity contribution in [3.63, 3.8) is 0 Å². The summed E-state index contributed by atoms with van der Waals surface area (Å²) in [6, 6.07) is 5.84. The largest absolute Gasteiger partial charge is 0.495 e. The van der Waals surface area contributed by atoms with Gasteiger partial charge < -0.3 is 9.47 Å². The van der Waals surface area contributed by atoms with Crippen LogP contribution in [0.5, 0.6) is 17.2 Å². The van der Waals surface area contributed by atoms with Crippen LogP contribution < -0.4 is 25.4 Å². The molecule has 0 radical (unpaired) electrons. The molecule has 10 nitrogen and oxygen atoms in total. The normalized spacial score (nSPS) is 14.1. The van der Waals surface area contributed by atoms with Crippen molar-refractivity contribution < 1.29 is 31.1 Å². The number of H-pyrrole nitrogens is 1. The van der Waals surface area contributed by atoms with Gasteiger partial charge in [-0.2, -0.15) is 23.0 Å². The standard InChI is InChI=1S/C20H15Cl2F3N4O6S/c1-34-14-5-4-11(8-15(14)36(32,33)28-9-2-3-9)35-16-12(21)6-10(7-13(16)22)29-19(31)26-18(30)17(27-29)20(23,24)25/h4-9,28H,2-3H2,1H3,(H,26,30,31). The lowest BCUT2D eigenvalue weighted by Gasteiger charge is -2.15. The van der Waals surface area contributed by atoms with Gasteiger partial charge in [-0.05, 0) is 37.1 Å². The van der Waals surface area contributed by atoms with E-state index < -0.39 is 33.1 Å². The monoisotopic (exact) mass is 566 g/mol. The molecule has 0 bridgehead atoms. The first-order valence-electron chi connectivity index (χ1n) is 9.98. The Hall–Kier alpha value is -3.07. The average molecular weight is 567 g/mol. The summed E-state index contributed by atoms with van der Waals surface area (Å²) in [7, 11) is -2.63. The summed E-state index contributed by atoms with van der Waals surface area (Å²) in [6.07, 6.45) is -3.69. The molecule has 1 fully saturated rings. The molecule has 1 aliphatic rings. The number of halogens is 5. The van der Waals surface area contributed by atoms with E-state index in [0.29, 0.717) is 12.8 Å². The number of rotatable bonds is 7. The van der Waals surface area contributed by atoms with Gasteiger partial charge in [0.2, 0.25) is 15.7 Å². The summed E-state index contributed by atoms with van der Waals surface area (Å²) in [5, 5.41) is 2.59. The van der Waals surface area contributed by atoms with Crippen molar-refractivity contribution in [1.82, 2.24) is 19.5 Å². The summed E-state index contributed by atoms with van der Waals surface area (Å²) >= 11 is 12.4. The summed E-state index contributed by atoms with van der Waals surface area (Å²) in [6.45, 7) is 0. The number of aromatic nitrogens is 3. The van der Waals surface area contributed by atoms with Gasteiger partial charge in [0, 0.05) is 12.1 Å². The van der Waals surface area contributed by atoms with E-state index in [9.17, 15) is 31.2 Å². The second kappa shape index (κ2) is 9.42. The summed E-state index contributed by atoms with van der Waals surface area (Å²) in [5.74, 6) is -0.117. The first-order chi connectivity index (χ1) is 16.8. The van der Waals surface area contributed by atoms with Crippen LogP contribution in [0.4, 0.5) is 13.2 Å². The Morgan fingerprint density at radius 3 is 2.33 bits per heavy atom. The van der Waals surface area contributed by atoms with Crippen molar-refractivity contribution in [2.45, 2.75) is 30.0 Å². The van der Waals surface area contributed by atoms with Crippen LogP contribution in [-0.4, -0.2) is 36.3 Å². The topological polar surface area (TPSA) is 132 Å². The van der Waals surface area contributed by atoms with Crippen molar-refractivity contribution in [3.05, 3.63) is 66.9 Å². The lowest BCUT2D eigenvalue weighted by molar-refractivity contribution is -0.143. The first-order valence-corrected chi connectivity index (χ1v) is 12.2. The van der Waals surface area contributed by atoms with Gasteiger partial charge in [0.1, 0.15) is 16.4 Å². The number of benzene rings is 2. The van der Waals surface area contributed by atoms with Gasteiger partial charge in [-0.3, -0.25) is 9.78 Å². The number of alkyl halides is 3. The third kappa shape index (κ3) is 5.36. The maximum atomic E-state index is 13.1. The predicted octanol–water partition coefficient (Wildman–Crippen LogP) is 3.49. The zero-order chi connectivity index (χ0) is 26.4. The van der Waals surface area contributed by atoms with E-state index in [1.807, 2.05) is 0 Å². The smallest absolute Gasteiger partial charge is 0.440 e. The van der Waals surface area contributed by atoms with Gasteiger partial charge in [0.25, 0.3) is 5.56 Å². The van der Waals surface area contributed by atoms with Crippen LogP contribution in [0.15, 0.2) is 44.8 Å². The van der Waals surface area contributed by atoms with E-state index >= 15 is 0 Å². The van der Waals surface area contributed by atoms with Crippen LogP contribution in [-0.2, 0) is 16.2 Å². The fourth-order valence-corrected chi connectivity index (χ4v) is 5.10. The highest BCUT2D eigenvalue weighted by Gasteiger charge is 2.37. The Kier molecular flexibility index (Phi) is 6.81. The predicted molar refractivity (Wildman–Crippen MR) is 122 cm³/mol. The Morgan fingerprint density at radius 1 is 1.14 bits per heavy atom. The van der Waals surface area contributed by atoms with Gasteiger partial charge in [-0.1, -0.05) is 23.2 Å². The van der Waals surface area contributed by atoms with Crippen LogP contribution in [0.25, 0.3) is 5.69 Å². The van der Waals surface area contributed by atoms with Gasteiger partial charge in [-0.25, -0.2) is 17.9 Å². The van der Waals surface area contributed by atoms with Crippen molar-refractivity contribution in [3.8, 4) is 22.9 Å². The maximum absolute atomic E-state index is 13.1. The van der Waals surface area contributed by atoms with E-state index in [2.05, 4.69) is 9.82 Å². The molecule has 1 aliphatic carbocycles. The molecule has 192 valence electrons. The molecule has 0 atom stereocenters. The molecule has 0 aliphatic heterocycles. The molecule has 1 aromatic heterocycles.